The molecule has 0 saturated carbocycles. The van der Waals surface area contributed by atoms with Crippen LogP contribution in [0.3, 0.4) is 0 Å². The molecule has 0 spiro atoms. The highest BCUT2D eigenvalue weighted by Gasteiger charge is 2.66. The van der Waals surface area contributed by atoms with Crippen LogP contribution in [-0.2, 0) is 14.3 Å². The van der Waals surface area contributed by atoms with Gasteiger partial charge in [0, 0.05) is 35.3 Å². The normalized spacial score (nSPS) is 22.9. The van der Waals surface area contributed by atoms with Crippen molar-refractivity contribution in [1.82, 2.24) is 10.3 Å². The van der Waals surface area contributed by atoms with Crippen LogP contribution in [0, 0.1) is 17.6 Å². The van der Waals surface area contributed by atoms with Gasteiger partial charge in [0.2, 0.25) is 5.82 Å². The van der Waals surface area contributed by atoms with Crippen molar-refractivity contribution in [2.75, 3.05) is 17.7 Å². The molecule has 2 heterocycles. The fraction of sp³-hybridized carbons (Fsp3) is 0.391. The van der Waals surface area contributed by atoms with E-state index in [1.807, 2.05) is 0 Å². The van der Waals surface area contributed by atoms with Gasteiger partial charge in [-0.25, -0.2) is 14.2 Å². The number of imide groups is 1. The number of nitrogens with one attached hydrogen (secondary N) is 3. The summed E-state index contributed by atoms with van der Waals surface area (Å²) in [5, 5.41) is 6.24. The Balaban J connectivity index is 1.91. The molecule has 1 aromatic heterocycles. The van der Waals surface area contributed by atoms with Crippen LogP contribution in [0.2, 0.25) is 0 Å². The number of hydrogen-bond donors (Lipinski definition) is 3. The van der Waals surface area contributed by atoms with Crippen molar-refractivity contribution in [3.63, 3.8) is 0 Å². The highest BCUT2D eigenvalue weighted by Crippen LogP contribution is 2.55. The van der Waals surface area contributed by atoms with E-state index in [0.29, 0.717) is 6.07 Å². The molecule has 40 heavy (non-hydrogen) atoms. The number of pyridine rings is 1. The molecule has 1 aromatic carbocycles. The molecule has 17 heteroatoms. The SMILES string of the molecule is COc1c([C@H]2[C@H](C(=O)Nc3ccnc(NC(=O)NC(=O)C(Cl)(Cl)Cl)c3)O[C@@](C)(C(F)(F)F)[C@H]2C)ccc(F)c1F. The number of benzene rings is 1. The first-order valence-electron chi connectivity index (χ1n) is 11.1. The molecule has 3 N–H and O–H groups in total. The second-order valence-electron chi connectivity index (χ2n) is 8.77. The third kappa shape index (κ3) is 6.35. The van der Waals surface area contributed by atoms with Gasteiger partial charge in [-0.3, -0.25) is 20.2 Å². The molecule has 1 fully saturated rings. The highest BCUT2D eigenvalue weighted by atomic mass is 35.6. The number of rotatable bonds is 5. The maximum Gasteiger partial charge on any atom is 0.417 e. The molecule has 1 saturated heterocycles. The van der Waals surface area contributed by atoms with Crippen molar-refractivity contribution in [1.29, 1.82) is 0 Å². The standard InChI is InChI=1S/C23H20Cl3F5N4O5/c1-9-14(11-4-5-12(27)15(28)16(11)39-3)17(40-21(9,2)23(29,30)31)18(36)33-10-6-7-32-13(8-10)34-20(38)35-19(37)22(24,25)26/h4-9,14,17H,1-3H3,(H3,32,33,34,35,36,37,38)/t9-,14-,17+,21+/m0/s1. The third-order valence-corrected chi connectivity index (χ3v) is 6.84. The molecular weight excluding hydrogens is 614 g/mol. The van der Waals surface area contributed by atoms with Gasteiger partial charge in [-0.05, 0) is 19.1 Å². The van der Waals surface area contributed by atoms with Crippen LogP contribution >= 0.6 is 34.8 Å². The minimum atomic E-state index is -4.95. The van der Waals surface area contributed by atoms with E-state index >= 15 is 0 Å². The predicted octanol–water partition coefficient (Wildman–Crippen LogP) is 5.46. The second-order valence-corrected chi connectivity index (χ2v) is 11.0. The summed E-state index contributed by atoms with van der Waals surface area (Å²) in [7, 11) is 1.00. The van der Waals surface area contributed by atoms with E-state index in [9.17, 15) is 36.3 Å². The van der Waals surface area contributed by atoms with E-state index in [0.717, 1.165) is 39.3 Å². The lowest BCUT2D eigenvalue weighted by molar-refractivity contribution is -0.272. The van der Waals surface area contributed by atoms with Gasteiger partial charge in [0.05, 0.1) is 7.11 Å². The predicted molar refractivity (Wildman–Crippen MR) is 134 cm³/mol. The maximum atomic E-state index is 14.5. The Hall–Kier alpha value is -2.94. The summed E-state index contributed by atoms with van der Waals surface area (Å²) in [4.78, 5) is 40.7. The van der Waals surface area contributed by atoms with Crippen LogP contribution in [0.15, 0.2) is 30.5 Å². The lowest BCUT2D eigenvalue weighted by Crippen LogP contribution is -2.47. The zero-order valence-corrected chi connectivity index (χ0v) is 22.9. The number of carbonyl (C=O) groups excluding carboxylic acids is 3. The number of nitrogens with zero attached hydrogens (tertiary/aromatic N) is 1. The van der Waals surface area contributed by atoms with E-state index < -0.39 is 68.7 Å². The zero-order valence-electron chi connectivity index (χ0n) is 20.6. The highest BCUT2D eigenvalue weighted by molar-refractivity contribution is 6.76. The first-order chi connectivity index (χ1) is 18.4. The van der Waals surface area contributed by atoms with E-state index in [1.54, 1.807) is 5.32 Å². The number of alkyl halides is 6. The molecule has 2 aromatic rings. The number of hydrogen-bond acceptors (Lipinski definition) is 6. The number of urea groups is 1. The molecule has 218 valence electrons. The third-order valence-electron chi connectivity index (χ3n) is 6.32. The fourth-order valence-corrected chi connectivity index (χ4v) is 4.29. The Bertz CT molecular complexity index is 1330. The molecule has 0 radical (unpaired) electrons. The van der Waals surface area contributed by atoms with Gasteiger partial charge in [-0.1, -0.05) is 47.8 Å². The van der Waals surface area contributed by atoms with Gasteiger partial charge < -0.3 is 14.8 Å². The lowest BCUT2D eigenvalue weighted by atomic mass is 9.77. The summed E-state index contributed by atoms with van der Waals surface area (Å²) < 4.78 is 78.4. The van der Waals surface area contributed by atoms with Crippen molar-refractivity contribution >= 4 is 64.2 Å². The molecule has 1 aliphatic rings. The van der Waals surface area contributed by atoms with Gasteiger partial charge in [0.25, 0.3) is 15.6 Å². The summed E-state index contributed by atoms with van der Waals surface area (Å²) in [5.41, 5.74) is -3.13. The average Bonchev–Trinajstić information content (AvgIpc) is 3.12. The van der Waals surface area contributed by atoms with E-state index in [4.69, 9.17) is 44.3 Å². The summed E-state index contributed by atoms with van der Waals surface area (Å²) in [6.07, 6.45) is -5.68. The molecule has 0 aliphatic carbocycles. The molecule has 0 bridgehead atoms. The van der Waals surface area contributed by atoms with E-state index in [-0.39, 0.29) is 17.1 Å². The fourth-order valence-electron chi connectivity index (χ4n) is 4.15. The number of methoxy groups -OCH3 is 1. The first-order valence-corrected chi connectivity index (χ1v) is 12.3. The minimum Gasteiger partial charge on any atom is -0.493 e. The van der Waals surface area contributed by atoms with Crippen LogP contribution in [0.5, 0.6) is 5.75 Å². The maximum absolute atomic E-state index is 14.5. The molecule has 1 aliphatic heterocycles. The number of ether oxygens (including phenoxy) is 2. The summed E-state index contributed by atoms with van der Waals surface area (Å²) in [5.74, 6) is -8.87. The summed E-state index contributed by atoms with van der Waals surface area (Å²) in [6.45, 7) is 1.91. The zero-order chi connectivity index (χ0) is 30.2. The van der Waals surface area contributed by atoms with Crippen molar-refractivity contribution in [2.45, 2.75) is 41.4 Å². The number of anilines is 2. The average molecular weight is 634 g/mol. The number of halogens is 8. The molecule has 4 amide bonds. The van der Waals surface area contributed by atoms with Crippen LogP contribution in [0.4, 0.5) is 38.3 Å². The van der Waals surface area contributed by atoms with Gasteiger partial charge in [-0.2, -0.15) is 17.6 Å². The number of aromatic nitrogens is 1. The summed E-state index contributed by atoms with van der Waals surface area (Å²) >= 11 is 16.1. The van der Waals surface area contributed by atoms with Crippen LogP contribution in [-0.4, -0.2) is 51.6 Å². The molecule has 0 unspecified atom stereocenters. The van der Waals surface area contributed by atoms with Gasteiger partial charge >= 0.3 is 12.2 Å². The Labute approximate surface area is 238 Å². The van der Waals surface area contributed by atoms with Crippen molar-refractivity contribution in [2.24, 2.45) is 5.92 Å². The van der Waals surface area contributed by atoms with Gasteiger partial charge in [0.15, 0.2) is 17.2 Å². The Morgan fingerprint density at radius 3 is 2.33 bits per heavy atom. The molecule has 3 rings (SSSR count). The van der Waals surface area contributed by atoms with Gasteiger partial charge in [0.1, 0.15) is 11.9 Å². The Morgan fingerprint density at radius 2 is 1.75 bits per heavy atom. The van der Waals surface area contributed by atoms with Crippen LogP contribution < -0.4 is 20.7 Å². The number of carbonyl (C=O) groups is 3. The summed E-state index contributed by atoms with van der Waals surface area (Å²) in [6, 6.07) is 2.92. The topological polar surface area (TPSA) is 119 Å². The lowest BCUT2D eigenvalue weighted by Gasteiger charge is -2.32. The van der Waals surface area contributed by atoms with Gasteiger partial charge in [-0.15, -0.1) is 0 Å². The Morgan fingerprint density at radius 1 is 1.10 bits per heavy atom. The van der Waals surface area contributed by atoms with E-state index in [1.165, 1.54) is 6.07 Å². The molecule has 9 nitrogen and oxygen atoms in total. The first kappa shape index (κ1) is 31.6. The van der Waals surface area contributed by atoms with Crippen molar-refractivity contribution in [3.8, 4) is 5.75 Å². The quantitative estimate of drug-likeness (QED) is 0.297. The van der Waals surface area contributed by atoms with Crippen LogP contribution in [0.1, 0.15) is 25.3 Å². The Kier molecular flexibility index (Phi) is 9.09. The van der Waals surface area contributed by atoms with Crippen molar-refractivity contribution in [3.05, 3.63) is 47.7 Å². The van der Waals surface area contributed by atoms with E-state index in [2.05, 4.69) is 15.6 Å². The second kappa shape index (κ2) is 11.5. The smallest absolute Gasteiger partial charge is 0.417 e. The minimum absolute atomic E-state index is 0.0594. The molecular formula is C23H20Cl3F5N4O5. The molecule has 4 atom stereocenters. The van der Waals surface area contributed by atoms with Crippen LogP contribution in [0.25, 0.3) is 0 Å². The van der Waals surface area contributed by atoms with Crippen molar-refractivity contribution < 1.29 is 45.8 Å². The monoisotopic (exact) mass is 632 g/mol. The number of amides is 4. The largest absolute Gasteiger partial charge is 0.493 e.